The van der Waals surface area contributed by atoms with E-state index in [1.807, 2.05) is 30.3 Å². The number of fused-ring (bicyclic) bond motifs is 1. The molecule has 0 aliphatic rings. The highest BCUT2D eigenvalue weighted by molar-refractivity contribution is 7.80. The zero-order valence-corrected chi connectivity index (χ0v) is 8.58. The second kappa shape index (κ2) is 4.33. The van der Waals surface area contributed by atoms with Crippen LogP contribution in [0.2, 0.25) is 0 Å². The Kier molecular flexibility index (Phi) is 2.89. The Hall–Kier alpha value is -1.22. The summed E-state index contributed by atoms with van der Waals surface area (Å²) in [5.41, 5.74) is 0.962. The SMILES string of the molecule is SCCOc1ccc2cccnc2c1. The highest BCUT2D eigenvalue weighted by atomic mass is 32.1. The third-order valence-electron chi connectivity index (χ3n) is 1.94. The van der Waals surface area contributed by atoms with Crippen LogP contribution in [0.25, 0.3) is 10.9 Å². The molecule has 0 bridgehead atoms. The zero-order chi connectivity index (χ0) is 9.80. The van der Waals surface area contributed by atoms with Crippen molar-refractivity contribution < 1.29 is 4.74 Å². The number of benzene rings is 1. The average molecular weight is 205 g/mol. The first-order chi connectivity index (χ1) is 6.90. The fraction of sp³-hybridized carbons (Fsp3) is 0.182. The summed E-state index contributed by atoms with van der Waals surface area (Å²) in [4.78, 5) is 4.25. The van der Waals surface area contributed by atoms with E-state index in [4.69, 9.17) is 4.74 Å². The molecule has 0 amide bonds. The smallest absolute Gasteiger partial charge is 0.121 e. The van der Waals surface area contributed by atoms with E-state index in [0.717, 1.165) is 22.4 Å². The first-order valence-electron chi connectivity index (χ1n) is 4.48. The molecule has 0 atom stereocenters. The van der Waals surface area contributed by atoms with Crippen molar-refractivity contribution in [2.45, 2.75) is 0 Å². The minimum atomic E-state index is 0.626. The predicted molar refractivity (Wildman–Crippen MR) is 61.1 cm³/mol. The molecule has 0 saturated carbocycles. The summed E-state index contributed by atoms with van der Waals surface area (Å²) in [5.74, 6) is 1.57. The van der Waals surface area contributed by atoms with Crippen molar-refractivity contribution in [1.29, 1.82) is 0 Å². The van der Waals surface area contributed by atoms with Gasteiger partial charge in [0, 0.05) is 23.4 Å². The summed E-state index contributed by atoms with van der Waals surface area (Å²) >= 11 is 4.08. The van der Waals surface area contributed by atoms with Crippen LogP contribution in [0.4, 0.5) is 0 Å². The molecule has 3 heteroatoms. The van der Waals surface area contributed by atoms with Gasteiger partial charge < -0.3 is 4.74 Å². The van der Waals surface area contributed by atoms with Crippen LogP contribution in [0.15, 0.2) is 36.5 Å². The van der Waals surface area contributed by atoms with Gasteiger partial charge in [0.15, 0.2) is 0 Å². The van der Waals surface area contributed by atoms with Crippen LogP contribution in [0.5, 0.6) is 5.75 Å². The van der Waals surface area contributed by atoms with E-state index in [1.54, 1.807) is 6.20 Å². The lowest BCUT2D eigenvalue weighted by molar-refractivity contribution is 0.345. The van der Waals surface area contributed by atoms with Crippen molar-refractivity contribution in [3.8, 4) is 5.75 Å². The van der Waals surface area contributed by atoms with Crippen molar-refractivity contribution in [2.75, 3.05) is 12.4 Å². The normalized spacial score (nSPS) is 10.4. The zero-order valence-electron chi connectivity index (χ0n) is 7.68. The highest BCUT2D eigenvalue weighted by Crippen LogP contribution is 2.18. The number of hydrogen-bond acceptors (Lipinski definition) is 3. The van der Waals surface area contributed by atoms with Crippen molar-refractivity contribution in [3.05, 3.63) is 36.5 Å². The number of aromatic nitrogens is 1. The van der Waals surface area contributed by atoms with Gasteiger partial charge in [0.2, 0.25) is 0 Å². The molecule has 0 unspecified atom stereocenters. The van der Waals surface area contributed by atoms with Crippen LogP contribution < -0.4 is 4.74 Å². The lowest BCUT2D eigenvalue weighted by atomic mass is 10.2. The van der Waals surface area contributed by atoms with Gasteiger partial charge >= 0.3 is 0 Å². The van der Waals surface area contributed by atoms with E-state index in [0.29, 0.717) is 6.61 Å². The van der Waals surface area contributed by atoms with E-state index in [-0.39, 0.29) is 0 Å². The van der Waals surface area contributed by atoms with Gasteiger partial charge in [-0.3, -0.25) is 4.98 Å². The third-order valence-corrected chi connectivity index (χ3v) is 2.12. The summed E-state index contributed by atoms with van der Waals surface area (Å²) in [6, 6.07) is 9.86. The van der Waals surface area contributed by atoms with Gasteiger partial charge in [-0.2, -0.15) is 12.6 Å². The van der Waals surface area contributed by atoms with E-state index in [9.17, 15) is 0 Å². The second-order valence-electron chi connectivity index (χ2n) is 2.93. The van der Waals surface area contributed by atoms with Crippen LogP contribution in [-0.2, 0) is 0 Å². The van der Waals surface area contributed by atoms with Gasteiger partial charge in [0.05, 0.1) is 12.1 Å². The number of nitrogens with zero attached hydrogens (tertiary/aromatic N) is 1. The van der Waals surface area contributed by atoms with Crippen LogP contribution in [0.3, 0.4) is 0 Å². The number of hydrogen-bond donors (Lipinski definition) is 1. The van der Waals surface area contributed by atoms with Crippen molar-refractivity contribution in [3.63, 3.8) is 0 Å². The summed E-state index contributed by atoms with van der Waals surface area (Å²) < 4.78 is 5.45. The topological polar surface area (TPSA) is 22.1 Å². The van der Waals surface area contributed by atoms with Crippen molar-refractivity contribution >= 4 is 23.5 Å². The molecule has 0 saturated heterocycles. The standard InChI is InChI=1S/C11H11NOS/c14-7-6-13-10-4-3-9-2-1-5-12-11(9)8-10/h1-5,8,14H,6-7H2. The molecular formula is C11H11NOS. The van der Waals surface area contributed by atoms with Gasteiger partial charge in [0.25, 0.3) is 0 Å². The molecule has 0 spiro atoms. The number of ether oxygens (including phenoxy) is 1. The van der Waals surface area contributed by atoms with Gasteiger partial charge in [-0.05, 0) is 18.2 Å². The lowest BCUT2D eigenvalue weighted by Gasteiger charge is -2.04. The lowest BCUT2D eigenvalue weighted by Crippen LogP contribution is -1.97. The van der Waals surface area contributed by atoms with Crippen LogP contribution in [0.1, 0.15) is 0 Å². The van der Waals surface area contributed by atoms with Gasteiger partial charge in [-0.25, -0.2) is 0 Å². The molecule has 0 aliphatic carbocycles. The molecule has 2 nitrogen and oxygen atoms in total. The first kappa shape index (κ1) is 9.34. The number of pyridine rings is 1. The molecule has 1 aromatic carbocycles. The van der Waals surface area contributed by atoms with Crippen molar-refractivity contribution in [2.24, 2.45) is 0 Å². The quantitative estimate of drug-likeness (QED) is 0.778. The Labute approximate surface area is 88.3 Å². The van der Waals surface area contributed by atoms with Crippen LogP contribution in [-0.4, -0.2) is 17.3 Å². The summed E-state index contributed by atoms with van der Waals surface area (Å²) in [5, 5.41) is 1.13. The Morgan fingerprint density at radius 3 is 3.07 bits per heavy atom. The Bertz CT molecular complexity index is 430. The fourth-order valence-corrected chi connectivity index (χ4v) is 1.39. The molecule has 72 valence electrons. The van der Waals surface area contributed by atoms with Gasteiger partial charge in [-0.1, -0.05) is 6.07 Å². The predicted octanol–water partition coefficient (Wildman–Crippen LogP) is 2.54. The van der Waals surface area contributed by atoms with E-state index < -0.39 is 0 Å². The van der Waals surface area contributed by atoms with Gasteiger partial charge in [0.1, 0.15) is 5.75 Å². The molecule has 0 N–H and O–H groups in total. The molecule has 0 fully saturated rings. The monoisotopic (exact) mass is 205 g/mol. The highest BCUT2D eigenvalue weighted by Gasteiger charge is 1.96. The van der Waals surface area contributed by atoms with Gasteiger partial charge in [-0.15, -0.1) is 0 Å². The second-order valence-corrected chi connectivity index (χ2v) is 3.38. The van der Waals surface area contributed by atoms with Crippen LogP contribution >= 0.6 is 12.6 Å². The molecule has 2 aromatic rings. The van der Waals surface area contributed by atoms with E-state index in [2.05, 4.69) is 17.6 Å². The van der Waals surface area contributed by atoms with E-state index in [1.165, 1.54) is 0 Å². The summed E-state index contributed by atoms with van der Waals surface area (Å²) in [7, 11) is 0. The largest absolute Gasteiger partial charge is 0.493 e. The number of thiol groups is 1. The molecule has 0 radical (unpaired) electrons. The minimum absolute atomic E-state index is 0.626. The van der Waals surface area contributed by atoms with E-state index >= 15 is 0 Å². The van der Waals surface area contributed by atoms with Crippen LogP contribution in [0, 0.1) is 0 Å². The average Bonchev–Trinajstić information content (AvgIpc) is 2.26. The molecule has 1 heterocycles. The molecule has 14 heavy (non-hydrogen) atoms. The Morgan fingerprint density at radius 1 is 1.29 bits per heavy atom. The summed E-state index contributed by atoms with van der Waals surface area (Å²) in [6.45, 7) is 0.626. The summed E-state index contributed by atoms with van der Waals surface area (Å²) in [6.07, 6.45) is 1.78. The maximum absolute atomic E-state index is 5.45. The molecule has 1 aromatic heterocycles. The Balaban J connectivity index is 2.32. The molecule has 0 aliphatic heterocycles. The molecule has 2 rings (SSSR count). The Morgan fingerprint density at radius 2 is 2.21 bits per heavy atom. The first-order valence-corrected chi connectivity index (χ1v) is 5.12. The maximum Gasteiger partial charge on any atom is 0.121 e. The van der Waals surface area contributed by atoms with Crippen molar-refractivity contribution in [1.82, 2.24) is 4.98 Å². The third kappa shape index (κ3) is 1.99. The number of rotatable bonds is 3. The maximum atomic E-state index is 5.45. The molecular weight excluding hydrogens is 194 g/mol. The minimum Gasteiger partial charge on any atom is -0.493 e. The fourth-order valence-electron chi connectivity index (χ4n) is 1.30.